The van der Waals surface area contributed by atoms with E-state index in [1.807, 2.05) is 115 Å². The molecule has 1 aliphatic heterocycles. The van der Waals surface area contributed by atoms with E-state index in [0.717, 1.165) is 44.1 Å². The number of aliphatic hydroxyl groups is 1. The SMILES string of the molecule is COC(=O)[C@H](Cc1ccccc1)NC(=O)NCc1cccc(-c2ccc([C@H]3O[C@@H](CSc4nncn4C)[C@@H](C)[C@@H](c4ccc(CO)cc4)O3)cc2)c1. The van der Waals surface area contributed by atoms with Gasteiger partial charge in [-0.25, -0.2) is 9.59 Å². The Bertz CT molecular complexity index is 1920. The number of urea groups is 1. The number of carbonyl (C=O) groups excluding carboxylic acids is 2. The van der Waals surface area contributed by atoms with Crippen molar-refractivity contribution in [1.29, 1.82) is 0 Å². The molecular formula is C40H43N5O6S. The maximum Gasteiger partial charge on any atom is 0.328 e. The summed E-state index contributed by atoms with van der Waals surface area (Å²) in [5.74, 6) is 0.211. The number of ether oxygens (including phenoxy) is 3. The summed E-state index contributed by atoms with van der Waals surface area (Å²) in [7, 11) is 3.23. The molecule has 0 bridgehead atoms. The zero-order valence-electron chi connectivity index (χ0n) is 29.3. The third-order valence-electron chi connectivity index (χ3n) is 9.14. The molecule has 11 nitrogen and oxygen atoms in total. The fraction of sp³-hybridized carbons (Fsp3) is 0.300. The van der Waals surface area contributed by atoms with Crippen molar-refractivity contribution >= 4 is 23.8 Å². The summed E-state index contributed by atoms with van der Waals surface area (Å²) in [6, 6.07) is 32.1. The van der Waals surface area contributed by atoms with E-state index in [1.54, 1.807) is 18.1 Å². The summed E-state index contributed by atoms with van der Waals surface area (Å²) < 4.78 is 20.1. The van der Waals surface area contributed by atoms with Crippen molar-refractivity contribution in [3.05, 3.63) is 137 Å². The lowest BCUT2D eigenvalue weighted by atomic mass is 9.91. The number of thioether (sulfide) groups is 1. The van der Waals surface area contributed by atoms with Gasteiger partial charge in [-0.3, -0.25) is 0 Å². The lowest BCUT2D eigenvalue weighted by Gasteiger charge is -2.41. The van der Waals surface area contributed by atoms with E-state index in [0.29, 0.717) is 12.2 Å². The van der Waals surface area contributed by atoms with Crippen molar-refractivity contribution < 1.29 is 28.9 Å². The number of aromatic nitrogens is 3. The number of rotatable bonds is 13. The Kier molecular flexibility index (Phi) is 12.4. The highest BCUT2D eigenvalue weighted by molar-refractivity contribution is 7.99. The fourth-order valence-corrected chi connectivity index (χ4v) is 7.19. The van der Waals surface area contributed by atoms with E-state index in [-0.39, 0.29) is 31.3 Å². The summed E-state index contributed by atoms with van der Waals surface area (Å²) in [4.78, 5) is 25.2. The number of methoxy groups -OCH3 is 1. The number of aryl methyl sites for hydroxylation is 1. The van der Waals surface area contributed by atoms with Gasteiger partial charge in [0.05, 0.1) is 25.9 Å². The van der Waals surface area contributed by atoms with Gasteiger partial charge >= 0.3 is 12.0 Å². The molecule has 0 aliphatic carbocycles. The Morgan fingerprint density at radius 1 is 0.904 bits per heavy atom. The molecule has 4 aromatic carbocycles. The maximum atomic E-state index is 12.8. The molecule has 2 heterocycles. The molecule has 1 fully saturated rings. The number of hydrogen-bond acceptors (Lipinski definition) is 9. The number of carbonyl (C=O) groups is 2. The van der Waals surface area contributed by atoms with Gasteiger partial charge in [-0.2, -0.15) is 0 Å². The molecule has 1 aromatic heterocycles. The number of esters is 1. The molecule has 52 heavy (non-hydrogen) atoms. The topological polar surface area (TPSA) is 137 Å². The molecule has 6 rings (SSSR count). The van der Waals surface area contributed by atoms with E-state index in [2.05, 4.69) is 27.8 Å². The molecule has 0 radical (unpaired) electrons. The molecule has 1 saturated heterocycles. The minimum Gasteiger partial charge on any atom is -0.467 e. The lowest BCUT2D eigenvalue weighted by molar-refractivity contribution is -0.268. The van der Waals surface area contributed by atoms with Gasteiger partial charge in [-0.15, -0.1) is 10.2 Å². The molecule has 5 aromatic rings. The zero-order valence-corrected chi connectivity index (χ0v) is 30.2. The van der Waals surface area contributed by atoms with Crippen LogP contribution in [0.5, 0.6) is 0 Å². The van der Waals surface area contributed by atoms with Crippen molar-refractivity contribution in [2.75, 3.05) is 12.9 Å². The smallest absolute Gasteiger partial charge is 0.328 e. The maximum absolute atomic E-state index is 12.8. The van der Waals surface area contributed by atoms with Crippen LogP contribution in [-0.4, -0.2) is 56.9 Å². The summed E-state index contributed by atoms with van der Waals surface area (Å²) in [5, 5.41) is 24.2. The van der Waals surface area contributed by atoms with Gasteiger partial charge in [0.1, 0.15) is 12.4 Å². The molecule has 0 spiro atoms. The third-order valence-corrected chi connectivity index (χ3v) is 10.3. The molecule has 12 heteroatoms. The van der Waals surface area contributed by atoms with Gasteiger partial charge < -0.3 is 34.5 Å². The fourth-order valence-electron chi connectivity index (χ4n) is 6.14. The molecule has 5 atom stereocenters. The summed E-state index contributed by atoms with van der Waals surface area (Å²) >= 11 is 1.60. The van der Waals surface area contributed by atoms with Crippen LogP contribution in [0.4, 0.5) is 4.79 Å². The van der Waals surface area contributed by atoms with Crippen molar-refractivity contribution in [3.63, 3.8) is 0 Å². The number of aliphatic hydroxyl groups excluding tert-OH is 1. The van der Waals surface area contributed by atoms with Crippen LogP contribution < -0.4 is 10.6 Å². The highest BCUT2D eigenvalue weighted by atomic mass is 32.2. The summed E-state index contributed by atoms with van der Waals surface area (Å²) in [6.45, 7) is 2.39. The molecule has 2 amide bonds. The lowest BCUT2D eigenvalue weighted by Crippen LogP contribution is -2.47. The first kappa shape index (κ1) is 36.8. The van der Waals surface area contributed by atoms with Crippen LogP contribution in [0.25, 0.3) is 11.1 Å². The minimum atomic E-state index is -0.813. The predicted molar refractivity (Wildman–Crippen MR) is 198 cm³/mol. The number of nitrogens with one attached hydrogen (secondary N) is 2. The normalized spacial score (nSPS) is 19.1. The highest BCUT2D eigenvalue weighted by Crippen LogP contribution is 2.43. The number of nitrogens with zero attached hydrogens (tertiary/aromatic N) is 3. The Morgan fingerprint density at radius 2 is 1.63 bits per heavy atom. The standard InChI is InChI=1S/C40H43N5O6S/c1-26-35(24-52-40-44-42-25-45(40)2)50-38(51-36(26)31-14-12-28(23-46)13-15-31)32-18-16-30(17-19-32)33-11-7-10-29(20-33)22-41-39(48)43-34(37(47)49-3)21-27-8-5-4-6-9-27/h4-20,25-26,34-36,38,46H,21-24H2,1-3H3,(H2,41,43,48)/t26-,34+,35+,36+,38+/m1/s1. The van der Waals surface area contributed by atoms with Crippen LogP contribution in [0.3, 0.4) is 0 Å². The van der Waals surface area contributed by atoms with Crippen LogP contribution in [0.1, 0.15) is 47.1 Å². The zero-order chi connectivity index (χ0) is 36.5. The van der Waals surface area contributed by atoms with E-state index in [1.165, 1.54) is 7.11 Å². The first-order valence-corrected chi connectivity index (χ1v) is 18.1. The quantitative estimate of drug-likeness (QED) is 0.0968. The first-order chi connectivity index (χ1) is 25.3. The van der Waals surface area contributed by atoms with Crippen LogP contribution in [0, 0.1) is 5.92 Å². The van der Waals surface area contributed by atoms with Crippen molar-refractivity contribution in [2.24, 2.45) is 13.0 Å². The van der Waals surface area contributed by atoms with E-state index in [4.69, 9.17) is 14.2 Å². The van der Waals surface area contributed by atoms with Crippen molar-refractivity contribution in [1.82, 2.24) is 25.4 Å². The Labute approximate surface area is 307 Å². The van der Waals surface area contributed by atoms with Crippen LogP contribution in [0.15, 0.2) is 115 Å². The highest BCUT2D eigenvalue weighted by Gasteiger charge is 2.38. The first-order valence-electron chi connectivity index (χ1n) is 17.1. The summed E-state index contributed by atoms with van der Waals surface area (Å²) in [5.41, 5.74) is 6.57. The molecular weight excluding hydrogens is 679 g/mol. The molecule has 0 saturated carbocycles. The minimum absolute atomic E-state index is 0.0161. The van der Waals surface area contributed by atoms with Crippen LogP contribution in [0.2, 0.25) is 0 Å². The van der Waals surface area contributed by atoms with Gasteiger partial charge in [0.25, 0.3) is 0 Å². The molecule has 0 unspecified atom stereocenters. The largest absolute Gasteiger partial charge is 0.467 e. The third kappa shape index (κ3) is 9.25. The van der Waals surface area contributed by atoms with Gasteiger partial charge in [-0.1, -0.05) is 116 Å². The summed E-state index contributed by atoms with van der Waals surface area (Å²) in [6.07, 6.45) is 1.06. The van der Waals surface area contributed by atoms with Crippen molar-refractivity contribution in [3.8, 4) is 11.1 Å². The second kappa shape index (κ2) is 17.5. The number of hydrogen-bond donors (Lipinski definition) is 3. The van der Waals surface area contributed by atoms with E-state index < -0.39 is 24.3 Å². The van der Waals surface area contributed by atoms with Crippen LogP contribution in [-0.2, 0) is 45.6 Å². The Hall–Kier alpha value is -5.01. The number of benzene rings is 4. The van der Waals surface area contributed by atoms with Crippen molar-refractivity contribution in [2.45, 2.75) is 56.2 Å². The molecule has 270 valence electrons. The van der Waals surface area contributed by atoms with E-state index >= 15 is 0 Å². The average Bonchev–Trinajstić information content (AvgIpc) is 3.60. The van der Waals surface area contributed by atoms with Gasteiger partial charge in [0.15, 0.2) is 11.4 Å². The monoisotopic (exact) mass is 721 g/mol. The predicted octanol–water partition coefficient (Wildman–Crippen LogP) is 6.14. The van der Waals surface area contributed by atoms with Gasteiger partial charge in [0.2, 0.25) is 0 Å². The molecule has 1 aliphatic rings. The molecule has 3 N–H and O–H groups in total. The Morgan fingerprint density at radius 3 is 2.33 bits per heavy atom. The second-order valence-electron chi connectivity index (χ2n) is 12.8. The average molecular weight is 722 g/mol. The van der Waals surface area contributed by atoms with Crippen LogP contribution >= 0.6 is 11.8 Å². The van der Waals surface area contributed by atoms with Gasteiger partial charge in [-0.05, 0) is 39.4 Å². The second-order valence-corrected chi connectivity index (χ2v) is 13.8. The Balaban J connectivity index is 1.12. The van der Waals surface area contributed by atoms with Gasteiger partial charge in [0, 0.05) is 37.2 Å². The number of amides is 2. The van der Waals surface area contributed by atoms with E-state index in [9.17, 15) is 14.7 Å².